The number of rotatable bonds is 5. The normalized spacial score (nSPS) is 20.6. The van der Waals surface area contributed by atoms with Crippen LogP contribution < -0.4 is 0 Å². The molecular weight excluding hydrogens is 369 g/mol. The molecule has 0 N–H and O–H groups in total. The number of nitrogens with zero attached hydrogens (tertiary/aromatic N) is 1. The first-order chi connectivity index (χ1) is 12.6. The Morgan fingerprint density at radius 3 is 2.19 bits per heavy atom. The number of esters is 1. The molecule has 0 spiro atoms. The molecule has 2 atom stereocenters. The molecule has 1 saturated carbocycles. The van der Waals surface area contributed by atoms with Gasteiger partial charge in [-0.2, -0.15) is 9.65 Å². The van der Waals surface area contributed by atoms with Crippen molar-refractivity contribution in [2.24, 2.45) is 17.3 Å². The van der Waals surface area contributed by atoms with E-state index in [1.165, 1.54) is 6.07 Å². The molecule has 0 radical (unpaired) electrons. The Bertz CT molecular complexity index is 879. The number of carbonyl (C=O) groups is 1. The molecule has 1 aromatic rings. The van der Waals surface area contributed by atoms with E-state index in [0.29, 0.717) is 0 Å². The Morgan fingerprint density at radius 2 is 1.70 bits per heavy atom. The minimum atomic E-state index is -1.70. The van der Waals surface area contributed by atoms with Crippen molar-refractivity contribution in [1.29, 1.82) is 5.26 Å². The van der Waals surface area contributed by atoms with Crippen LogP contribution in [0.5, 0.6) is 0 Å². The largest absolute Gasteiger partial charge is 0.460 e. The van der Waals surface area contributed by atoms with E-state index in [9.17, 15) is 26.7 Å². The van der Waals surface area contributed by atoms with Gasteiger partial charge in [-0.15, -0.1) is 12.3 Å². The van der Waals surface area contributed by atoms with Gasteiger partial charge in [0.15, 0.2) is 29.1 Å². The van der Waals surface area contributed by atoms with Gasteiger partial charge < -0.3 is 4.74 Å². The fourth-order valence-corrected chi connectivity index (χ4v) is 2.97. The maximum Gasteiger partial charge on any atom is 0.310 e. The molecule has 0 aromatic heterocycles. The van der Waals surface area contributed by atoms with E-state index in [1.54, 1.807) is 13.8 Å². The molecule has 2 rings (SSSR count). The van der Waals surface area contributed by atoms with Crippen molar-refractivity contribution in [3.05, 3.63) is 46.3 Å². The lowest BCUT2D eigenvalue weighted by molar-refractivity contribution is -0.147. The first kappa shape index (κ1) is 20.4. The molecule has 1 fully saturated rings. The average Bonchev–Trinajstić information content (AvgIpc) is 3.16. The van der Waals surface area contributed by atoms with Crippen molar-refractivity contribution in [2.45, 2.75) is 26.9 Å². The van der Waals surface area contributed by atoms with Crippen molar-refractivity contribution >= 4 is 5.97 Å². The van der Waals surface area contributed by atoms with Crippen LogP contribution in [0, 0.1) is 64.2 Å². The van der Waals surface area contributed by atoms with Crippen molar-refractivity contribution in [3.63, 3.8) is 0 Å². The van der Waals surface area contributed by atoms with Crippen LogP contribution in [0.15, 0.2) is 11.9 Å². The Morgan fingerprint density at radius 1 is 1.19 bits per heavy atom. The third-order valence-electron chi connectivity index (χ3n) is 4.68. The van der Waals surface area contributed by atoms with Crippen molar-refractivity contribution < 1.29 is 31.5 Å². The lowest BCUT2D eigenvalue weighted by Gasteiger charge is -2.11. The predicted molar refractivity (Wildman–Crippen MR) is 84.2 cm³/mol. The van der Waals surface area contributed by atoms with Crippen LogP contribution >= 0.6 is 0 Å². The number of terminal acetylenes is 1. The van der Waals surface area contributed by atoms with Crippen LogP contribution in [-0.4, -0.2) is 5.97 Å². The topological polar surface area (TPSA) is 50.1 Å². The van der Waals surface area contributed by atoms with Crippen LogP contribution in [0.3, 0.4) is 0 Å². The van der Waals surface area contributed by atoms with Crippen molar-refractivity contribution in [3.8, 4) is 18.4 Å². The zero-order chi connectivity index (χ0) is 20.5. The molecule has 142 valence electrons. The summed E-state index contributed by atoms with van der Waals surface area (Å²) in [6.45, 7) is 2.17. The van der Waals surface area contributed by atoms with E-state index in [-0.39, 0.29) is 0 Å². The monoisotopic (exact) mass is 383 g/mol. The molecule has 1 aromatic carbocycles. The van der Waals surface area contributed by atoms with Gasteiger partial charge >= 0.3 is 5.97 Å². The molecule has 27 heavy (non-hydrogen) atoms. The lowest BCUT2D eigenvalue weighted by atomic mass is 10.1. The molecule has 0 aliphatic heterocycles. The first-order valence-electron chi connectivity index (χ1n) is 7.79. The predicted octanol–water partition coefficient (Wildman–Crippen LogP) is 4.11. The highest BCUT2D eigenvalue weighted by Gasteiger charge is 2.61. The van der Waals surface area contributed by atoms with Gasteiger partial charge in [0.25, 0.3) is 0 Å². The maximum atomic E-state index is 14.0. The Balaban J connectivity index is 2.20. The van der Waals surface area contributed by atoms with E-state index in [2.05, 4.69) is 0 Å². The van der Waals surface area contributed by atoms with Crippen LogP contribution in [0.25, 0.3) is 0 Å². The number of ether oxygens (including phenoxy) is 1. The summed E-state index contributed by atoms with van der Waals surface area (Å²) in [6.07, 6.45) is 5.22. The SMILES string of the molecule is C#CCc1c(F)c(F)c(COC(=O)[C@@H]2[C@H](C=C(F)C#N)C2(C)C)c(F)c1F. The second-order valence-electron chi connectivity index (χ2n) is 6.65. The van der Waals surface area contributed by atoms with E-state index >= 15 is 0 Å². The zero-order valence-corrected chi connectivity index (χ0v) is 14.4. The Kier molecular flexibility index (Phi) is 5.60. The number of hydrogen-bond donors (Lipinski definition) is 0. The van der Waals surface area contributed by atoms with Gasteiger partial charge in [0.05, 0.1) is 11.5 Å². The van der Waals surface area contributed by atoms with Crippen LogP contribution in [0.4, 0.5) is 22.0 Å². The number of nitriles is 1. The second kappa shape index (κ2) is 7.40. The number of benzene rings is 1. The van der Waals surface area contributed by atoms with Crippen molar-refractivity contribution in [1.82, 2.24) is 0 Å². The third kappa shape index (κ3) is 3.66. The van der Waals surface area contributed by atoms with Crippen LogP contribution in [-0.2, 0) is 22.6 Å². The van der Waals surface area contributed by atoms with E-state index in [4.69, 9.17) is 16.4 Å². The van der Waals surface area contributed by atoms with Crippen LogP contribution in [0.2, 0.25) is 0 Å². The highest BCUT2D eigenvalue weighted by molar-refractivity contribution is 5.78. The number of halogens is 5. The van der Waals surface area contributed by atoms with E-state index < -0.39 is 76.5 Å². The van der Waals surface area contributed by atoms with Gasteiger partial charge in [-0.3, -0.25) is 4.79 Å². The molecule has 0 unspecified atom stereocenters. The summed E-state index contributed by atoms with van der Waals surface area (Å²) < 4.78 is 73.6. The van der Waals surface area contributed by atoms with Gasteiger partial charge in [0.1, 0.15) is 12.7 Å². The fourth-order valence-electron chi connectivity index (χ4n) is 2.97. The zero-order valence-electron chi connectivity index (χ0n) is 14.4. The van der Waals surface area contributed by atoms with E-state index in [1.807, 2.05) is 5.92 Å². The quantitative estimate of drug-likeness (QED) is 0.253. The molecule has 0 heterocycles. The Hall–Kier alpha value is -2.87. The molecule has 3 nitrogen and oxygen atoms in total. The van der Waals surface area contributed by atoms with Crippen LogP contribution in [0.1, 0.15) is 25.0 Å². The summed E-state index contributed by atoms with van der Waals surface area (Å²) in [6, 6.07) is 1.28. The smallest absolute Gasteiger partial charge is 0.310 e. The molecule has 1 aliphatic carbocycles. The van der Waals surface area contributed by atoms with Gasteiger partial charge in [-0.25, -0.2) is 17.6 Å². The summed E-state index contributed by atoms with van der Waals surface area (Å²) in [5.41, 5.74) is -2.76. The van der Waals surface area contributed by atoms with Gasteiger partial charge in [-0.1, -0.05) is 13.8 Å². The fraction of sp³-hybridized carbons (Fsp3) is 0.368. The molecule has 8 heteroatoms. The van der Waals surface area contributed by atoms with Gasteiger partial charge in [0.2, 0.25) is 0 Å². The first-order valence-corrected chi connectivity index (χ1v) is 7.79. The van der Waals surface area contributed by atoms with E-state index in [0.717, 1.165) is 6.08 Å². The lowest BCUT2D eigenvalue weighted by Crippen LogP contribution is -2.14. The summed E-state index contributed by atoms with van der Waals surface area (Å²) >= 11 is 0. The standard InChI is InChI=1S/C19H14F5NO2/c1-4-5-10-14(21)16(23)11(17(24)15(10)22)8-27-18(26)13-12(19(13,2)3)6-9(20)7-25/h1,6,12-13H,5,8H2,2-3H3/t12-,13-/m0/s1. The highest BCUT2D eigenvalue weighted by Crippen LogP contribution is 2.60. The average molecular weight is 383 g/mol. The third-order valence-corrected chi connectivity index (χ3v) is 4.68. The number of hydrogen-bond acceptors (Lipinski definition) is 3. The Labute approximate surface area is 152 Å². The minimum Gasteiger partial charge on any atom is -0.460 e. The minimum absolute atomic E-state index is 0.647. The molecule has 0 saturated heterocycles. The second-order valence-corrected chi connectivity index (χ2v) is 6.65. The summed E-state index contributed by atoms with van der Waals surface area (Å²) in [5, 5.41) is 8.46. The maximum absolute atomic E-state index is 14.0. The number of carbonyl (C=O) groups excluding carboxylic acids is 1. The van der Waals surface area contributed by atoms with Gasteiger partial charge in [-0.05, 0) is 11.5 Å². The molecule has 1 aliphatic rings. The van der Waals surface area contributed by atoms with Gasteiger partial charge in [0, 0.05) is 17.9 Å². The number of allylic oxidation sites excluding steroid dienone is 2. The molecule has 0 bridgehead atoms. The summed E-state index contributed by atoms with van der Waals surface area (Å²) in [5.74, 6) is -8.33. The summed E-state index contributed by atoms with van der Waals surface area (Å²) in [4.78, 5) is 12.1. The summed E-state index contributed by atoms with van der Waals surface area (Å²) in [7, 11) is 0. The highest BCUT2D eigenvalue weighted by atomic mass is 19.2. The molecular formula is C19H14F5NO2. The molecule has 0 amide bonds. The van der Waals surface area contributed by atoms with Crippen molar-refractivity contribution in [2.75, 3.05) is 0 Å².